The van der Waals surface area contributed by atoms with Gasteiger partial charge in [-0.3, -0.25) is 11.3 Å². The summed E-state index contributed by atoms with van der Waals surface area (Å²) in [5, 5.41) is 0. The van der Waals surface area contributed by atoms with Gasteiger partial charge < -0.3 is 0 Å². The van der Waals surface area contributed by atoms with E-state index in [9.17, 15) is 0 Å². The summed E-state index contributed by atoms with van der Waals surface area (Å²) in [4.78, 5) is 0. The second-order valence-corrected chi connectivity index (χ2v) is 3.58. The number of hydrazine groups is 1. The predicted octanol–water partition coefficient (Wildman–Crippen LogP) is 1.62. The highest BCUT2D eigenvalue weighted by atomic mass is 15.2. The van der Waals surface area contributed by atoms with E-state index in [1.54, 1.807) is 0 Å². The number of nitrogens with two attached hydrogens (primary N) is 1. The molecule has 0 saturated heterocycles. The maximum atomic E-state index is 5.26. The smallest absolute Gasteiger partial charge is 0.0138 e. The third-order valence-corrected chi connectivity index (χ3v) is 2.36. The number of nitrogens with one attached hydrogen (secondary N) is 1. The first-order chi connectivity index (χ1) is 6.15. The molecule has 0 atom stereocenters. The minimum absolute atomic E-state index is 0.838. The molecule has 0 saturated carbocycles. The topological polar surface area (TPSA) is 38.0 Å². The zero-order valence-electron chi connectivity index (χ0n) is 8.65. The molecular formula is C11H18N2. The highest BCUT2D eigenvalue weighted by Gasteiger charge is 2.02. The molecule has 0 aromatic heterocycles. The Morgan fingerprint density at radius 3 is 2.15 bits per heavy atom. The van der Waals surface area contributed by atoms with Crippen LogP contribution in [-0.2, 0) is 6.42 Å². The summed E-state index contributed by atoms with van der Waals surface area (Å²) < 4.78 is 0. The lowest BCUT2D eigenvalue weighted by molar-refractivity contribution is 0.724. The third kappa shape index (κ3) is 2.54. The van der Waals surface area contributed by atoms with E-state index in [0.717, 1.165) is 13.0 Å². The molecule has 0 heterocycles. The molecule has 3 N–H and O–H groups in total. The maximum absolute atomic E-state index is 5.26. The Morgan fingerprint density at radius 2 is 1.69 bits per heavy atom. The van der Waals surface area contributed by atoms with Crippen LogP contribution in [0.25, 0.3) is 0 Å². The van der Waals surface area contributed by atoms with E-state index in [4.69, 9.17) is 5.84 Å². The quantitative estimate of drug-likeness (QED) is 0.545. The van der Waals surface area contributed by atoms with Gasteiger partial charge in [0.25, 0.3) is 0 Å². The normalized spacial score (nSPS) is 10.5. The lowest BCUT2D eigenvalue weighted by Crippen LogP contribution is -2.24. The molecule has 2 heteroatoms. The van der Waals surface area contributed by atoms with Gasteiger partial charge in [0.05, 0.1) is 0 Å². The Kier molecular flexibility index (Phi) is 3.46. The van der Waals surface area contributed by atoms with Crippen molar-refractivity contribution in [3.05, 3.63) is 34.4 Å². The van der Waals surface area contributed by atoms with E-state index in [0.29, 0.717) is 0 Å². The summed E-state index contributed by atoms with van der Waals surface area (Å²) >= 11 is 0. The molecule has 0 unspecified atom stereocenters. The van der Waals surface area contributed by atoms with Crippen molar-refractivity contribution in [2.45, 2.75) is 27.2 Å². The van der Waals surface area contributed by atoms with Crippen LogP contribution in [0.5, 0.6) is 0 Å². The number of aryl methyl sites for hydroxylation is 3. The SMILES string of the molecule is Cc1cc(C)c(CCNN)c(C)c1. The van der Waals surface area contributed by atoms with Crippen molar-refractivity contribution in [1.29, 1.82) is 0 Å². The second kappa shape index (κ2) is 4.40. The second-order valence-electron chi connectivity index (χ2n) is 3.58. The summed E-state index contributed by atoms with van der Waals surface area (Å²) in [6.45, 7) is 7.29. The Labute approximate surface area is 80.1 Å². The van der Waals surface area contributed by atoms with Gasteiger partial charge in [-0.15, -0.1) is 0 Å². The van der Waals surface area contributed by atoms with Crippen LogP contribution in [0.3, 0.4) is 0 Å². The average molecular weight is 178 g/mol. The number of hydrogen-bond donors (Lipinski definition) is 2. The van der Waals surface area contributed by atoms with Crippen molar-refractivity contribution in [3.63, 3.8) is 0 Å². The van der Waals surface area contributed by atoms with Crippen LogP contribution < -0.4 is 11.3 Å². The van der Waals surface area contributed by atoms with Gasteiger partial charge in [0, 0.05) is 6.54 Å². The number of hydrogen-bond acceptors (Lipinski definition) is 2. The molecule has 72 valence electrons. The Balaban J connectivity index is 2.92. The molecule has 1 aromatic rings. The largest absolute Gasteiger partial charge is 0.271 e. The molecule has 1 aromatic carbocycles. The van der Waals surface area contributed by atoms with Crippen molar-refractivity contribution in [2.24, 2.45) is 5.84 Å². The molecule has 1 rings (SSSR count). The van der Waals surface area contributed by atoms with Crippen LogP contribution in [0.15, 0.2) is 12.1 Å². The lowest BCUT2D eigenvalue weighted by atomic mass is 9.97. The van der Waals surface area contributed by atoms with Gasteiger partial charge in [-0.1, -0.05) is 17.7 Å². The van der Waals surface area contributed by atoms with E-state index >= 15 is 0 Å². The molecule has 0 radical (unpaired) electrons. The van der Waals surface area contributed by atoms with E-state index in [-0.39, 0.29) is 0 Å². The van der Waals surface area contributed by atoms with E-state index in [1.165, 1.54) is 22.3 Å². The molecule has 2 nitrogen and oxygen atoms in total. The van der Waals surface area contributed by atoms with Gasteiger partial charge in [0.15, 0.2) is 0 Å². The van der Waals surface area contributed by atoms with Crippen LogP contribution in [0, 0.1) is 20.8 Å². The molecule has 13 heavy (non-hydrogen) atoms. The molecule has 0 spiro atoms. The van der Waals surface area contributed by atoms with Crippen molar-refractivity contribution in [2.75, 3.05) is 6.54 Å². The molecule has 0 bridgehead atoms. The molecule has 0 aliphatic carbocycles. The van der Waals surface area contributed by atoms with Gasteiger partial charge in [-0.25, -0.2) is 0 Å². The Bertz CT molecular complexity index is 269. The zero-order chi connectivity index (χ0) is 9.84. The fraction of sp³-hybridized carbons (Fsp3) is 0.455. The van der Waals surface area contributed by atoms with Crippen molar-refractivity contribution >= 4 is 0 Å². The van der Waals surface area contributed by atoms with Gasteiger partial charge in [0.1, 0.15) is 0 Å². The lowest BCUT2D eigenvalue weighted by Gasteiger charge is -2.10. The highest BCUT2D eigenvalue weighted by molar-refractivity contribution is 5.37. The van der Waals surface area contributed by atoms with Gasteiger partial charge in [0.2, 0.25) is 0 Å². The van der Waals surface area contributed by atoms with Gasteiger partial charge in [-0.2, -0.15) is 0 Å². The van der Waals surface area contributed by atoms with Crippen molar-refractivity contribution in [3.8, 4) is 0 Å². The first kappa shape index (κ1) is 10.2. The summed E-state index contributed by atoms with van der Waals surface area (Å²) in [6, 6.07) is 4.44. The highest BCUT2D eigenvalue weighted by Crippen LogP contribution is 2.16. The van der Waals surface area contributed by atoms with Crippen LogP contribution in [0.4, 0.5) is 0 Å². The van der Waals surface area contributed by atoms with Crippen LogP contribution in [-0.4, -0.2) is 6.54 Å². The maximum Gasteiger partial charge on any atom is 0.0138 e. The van der Waals surface area contributed by atoms with Crippen molar-refractivity contribution in [1.82, 2.24) is 5.43 Å². The third-order valence-electron chi connectivity index (χ3n) is 2.36. The molecule has 0 aliphatic heterocycles. The summed E-state index contributed by atoms with van der Waals surface area (Å²) in [5.74, 6) is 5.26. The first-order valence-electron chi connectivity index (χ1n) is 4.65. The fourth-order valence-corrected chi connectivity index (χ4v) is 1.80. The monoisotopic (exact) mass is 178 g/mol. The average Bonchev–Trinajstić information content (AvgIpc) is 2.02. The minimum Gasteiger partial charge on any atom is -0.271 e. The minimum atomic E-state index is 0.838. The van der Waals surface area contributed by atoms with E-state index in [1.807, 2.05) is 0 Å². The molecular weight excluding hydrogens is 160 g/mol. The first-order valence-corrected chi connectivity index (χ1v) is 4.65. The predicted molar refractivity (Wildman–Crippen MR) is 56.5 cm³/mol. The van der Waals surface area contributed by atoms with E-state index in [2.05, 4.69) is 38.3 Å². The Morgan fingerprint density at radius 1 is 1.15 bits per heavy atom. The van der Waals surface area contributed by atoms with Crippen molar-refractivity contribution < 1.29 is 0 Å². The van der Waals surface area contributed by atoms with E-state index < -0.39 is 0 Å². The van der Waals surface area contributed by atoms with Crippen LogP contribution in [0.1, 0.15) is 22.3 Å². The molecule has 0 aliphatic rings. The zero-order valence-corrected chi connectivity index (χ0v) is 8.65. The standard InChI is InChI=1S/C11H18N2/c1-8-6-9(2)11(4-5-13-12)10(3)7-8/h6-7,13H,4-5,12H2,1-3H3. The van der Waals surface area contributed by atoms with Gasteiger partial charge in [-0.05, 0) is 43.9 Å². The molecule has 0 amide bonds. The number of benzene rings is 1. The number of rotatable bonds is 3. The summed E-state index contributed by atoms with van der Waals surface area (Å²) in [7, 11) is 0. The fourth-order valence-electron chi connectivity index (χ4n) is 1.80. The Hall–Kier alpha value is -0.860. The van der Waals surface area contributed by atoms with Gasteiger partial charge >= 0.3 is 0 Å². The molecule has 0 fully saturated rings. The summed E-state index contributed by atoms with van der Waals surface area (Å²) in [6.07, 6.45) is 1.01. The van der Waals surface area contributed by atoms with Crippen LogP contribution in [0.2, 0.25) is 0 Å². The summed E-state index contributed by atoms with van der Waals surface area (Å²) in [5.41, 5.74) is 8.17. The van der Waals surface area contributed by atoms with Crippen LogP contribution >= 0.6 is 0 Å².